The van der Waals surface area contributed by atoms with Crippen LogP contribution in [-0.4, -0.2) is 16.1 Å². The molecule has 0 radical (unpaired) electrons. The Morgan fingerprint density at radius 3 is 1.23 bits per heavy atom. The maximum absolute atomic E-state index is 3.47. The summed E-state index contributed by atoms with van der Waals surface area (Å²) < 4.78 is 0. The molecule has 6 fully saturated rings. The van der Waals surface area contributed by atoms with E-state index in [1.165, 1.54) is 50.6 Å². The molecule has 2 heteroatoms. The van der Waals surface area contributed by atoms with Crippen LogP contribution in [0.3, 0.4) is 0 Å². The first kappa shape index (κ1) is 28.5. The summed E-state index contributed by atoms with van der Waals surface area (Å²) in [7, 11) is -2.90. The molecule has 6 atom stereocenters. The van der Waals surface area contributed by atoms with Crippen LogP contribution in [0.2, 0.25) is 38.3 Å². The van der Waals surface area contributed by atoms with Crippen LogP contribution < -0.4 is 10.4 Å². The maximum Gasteiger partial charge on any atom is 0.0809 e. The molecule has 6 aliphatic carbocycles. The van der Waals surface area contributed by atoms with Crippen molar-refractivity contribution in [2.45, 2.75) is 104 Å². The second-order valence-electron chi connectivity index (χ2n) is 17.0. The molecule has 6 aliphatic rings. The Kier molecular flexibility index (Phi) is 7.15. The molecule has 6 unspecified atom stereocenters. The zero-order chi connectivity index (χ0) is 28.5. The van der Waals surface area contributed by atoms with Crippen molar-refractivity contribution in [2.24, 2.45) is 46.3 Å². The Morgan fingerprint density at radius 2 is 0.925 bits per heavy atom. The molecule has 0 saturated heterocycles. The lowest BCUT2D eigenvalue weighted by atomic mass is 9.46. The van der Waals surface area contributed by atoms with E-state index in [0.717, 1.165) is 46.6 Å². The Hall–Kier alpha value is -1.57. The topological polar surface area (TPSA) is 0 Å². The van der Waals surface area contributed by atoms with Crippen LogP contribution >= 0.6 is 0 Å². The van der Waals surface area contributed by atoms with E-state index in [0.29, 0.717) is 10.8 Å². The van der Waals surface area contributed by atoms with Gasteiger partial charge >= 0.3 is 0 Å². The summed E-state index contributed by atoms with van der Waals surface area (Å²) in [6, 6.07) is 21.6. The predicted octanol–water partition coefficient (Wildman–Crippen LogP) is 9.06. The van der Waals surface area contributed by atoms with Crippen molar-refractivity contribution in [1.29, 1.82) is 0 Å². The van der Waals surface area contributed by atoms with Gasteiger partial charge in [0.05, 0.1) is 16.1 Å². The zero-order valence-electron chi connectivity index (χ0n) is 26.7. The second kappa shape index (κ2) is 10.0. The third kappa shape index (κ3) is 5.02. The highest BCUT2D eigenvalue weighted by atomic mass is 28.3. The summed E-state index contributed by atoms with van der Waals surface area (Å²) in [4.78, 5) is 0. The maximum atomic E-state index is 3.47. The van der Waals surface area contributed by atoms with Crippen molar-refractivity contribution < 1.29 is 0 Å². The highest BCUT2D eigenvalue weighted by Gasteiger charge is 2.55. The fraction of sp³-hybridized carbons (Fsp3) is 0.632. The number of fused-ring (bicyclic) bond motifs is 4. The molecule has 0 aliphatic heterocycles. The second-order valence-corrected chi connectivity index (χ2v) is 26.5. The molecule has 0 spiro atoms. The first-order valence-corrected chi connectivity index (χ1v) is 22.9. The van der Waals surface area contributed by atoms with Crippen molar-refractivity contribution >= 4 is 26.5 Å². The van der Waals surface area contributed by atoms with Gasteiger partial charge < -0.3 is 0 Å². The summed E-state index contributed by atoms with van der Waals surface area (Å²) in [5.41, 5.74) is 3.48. The van der Waals surface area contributed by atoms with E-state index >= 15 is 0 Å². The molecule has 8 rings (SSSR count). The van der Waals surface area contributed by atoms with E-state index < -0.39 is 16.1 Å². The van der Waals surface area contributed by atoms with E-state index in [1.807, 2.05) is 0 Å². The van der Waals surface area contributed by atoms with Gasteiger partial charge in [-0.3, -0.25) is 0 Å². The smallest absolute Gasteiger partial charge is 0.0654 e. The van der Waals surface area contributed by atoms with Crippen LogP contribution in [0.4, 0.5) is 0 Å². The molecule has 0 heterocycles. The molecule has 0 nitrogen and oxygen atoms in total. The van der Waals surface area contributed by atoms with Crippen molar-refractivity contribution in [1.82, 2.24) is 0 Å². The largest absolute Gasteiger partial charge is 0.0809 e. The third-order valence-corrected chi connectivity index (χ3v) is 20.1. The van der Waals surface area contributed by atoms with Crippen LogP contribution in [0, 0.1) is 58.2 Å². The lowest BCUT2D eigenvalue weighted by molar-refractivity contribution is -0.0990. The fourth-order valence-corrected chi connectivity index (χ4v) is 16.3. The Balaban J connectivity index is 1.07. The number of hydrogen-bond donors (Lipinski definition) is 0. The Labute approximate surface area is 248 Å². The minimum absolute atomic E-state index is 0.593. The lowest BCUT2D eigenvalue weighted by Crippen LogP contribution is -2.55. The first-order valence-electron chi connectivity index (χ1n) is 16.5. The average molecular weight is 567 g/mol. The lowest BCUT2D eigenvalue weighted by Gasteiger charge is -2.61. The van der Waals surface area contributed by atoms with Crippen LogP contribution in [0.1, 0.15) is 77.3 Å². The molecule has 40 heavy (non-hydrogen) atoms. The van der Waals surface area contributed by atoms with Gasteiger partial charge in [0.25, 0.3) is 0 Å². The van der Waals surface area contributed by atoms with Crippen molar-refractivity contribution in [3.63, 3.8) is 0 Å². The Bertz CT molecular complexity index is 1180. The summed E-state index contributed by atoms with van der Waals surface area (Å²) in [6.45, 7) is 20.5. The van der Waals surface area contributed by atoms with E-state index in [2.05, 4.69) is 114 Å². The summed E-state index contributed by atoms with van der Waals surface area (Å²) in [5, 5.41) is 3.21. The van der Waals surface area contributed by atoms with Gasteiger partial charge in [0, 0.05) is 11.1 Å². The number of benzene rings is 2. The summed E-state index contributed by atoms with van der Waals surface area (Å²) >= 11 is 0. The molecule has 2 aromatic rings. The van der Waals surface area contributed by atoms with Crippen molar-refractivity contribution in [2.75, 3.05) is 0 Å². The highest BCUT2D eigenvalue weighted by Crippen LogP contribution is 2.63. The van der Waals surface area contributed by atoms with Crippen LogP contribution in [-0.2, 0) is 0 Å². The number of rotatable bonds is 6. The fourth-order valence-electron chi connectivity index (χ4n) is 10.1. The molecule has 214 valence electrons. The molecular weight excluding hydrogens is 513 g/mol. The van der Waals surface area contributed by atoms with Crippen molar-refractivity contribution in [3.8, 4) is 11.8 Å². The minimum Gasteiger partial charge on any atom is -0.0654 e. The monoisotopic (exact) mass is 566 g/mol. The van der Waals surface area contributed by atoms with E-state index in [-0.39, 0.29) is 0 Å². The molecule has 0 N–H and O–H groups in total. The molecular formula is C38H54Si2. The van der Waals surface area contributed by atoms with E-state index in [9.17, 15) is 0 Å². The summed E-state index contributed by atoms with van der Waals surface area (Å²) in [5.74, 6) is 12.7. The standard InChI is InChI=1S/C38H54Si2/c1-37(2)31-17-15-29(35(37)23-31)25-39(5,6)33-19-11-27(12-20-33)9-10-28-13-21-34(22-14-28)40(7,8)26-30-16-18-32-24-36(30)38(32,3)4/h11-14,19-22,29-32,35-36H,15-18,23-26H2,1-8H3. The molecule has 6 saturated carbocycles. The third-order valence-electron chi connectivity index (χ3n) is 13.2. The van der Waals surface area contributed by atoms with Crippen LogP contribution in [0.15, 0.2) is 48.5 Å². The van der Waals surface area contributed by atoms with Gasteiger partial charge in [-0.1, -0.05) is 125 Å². The van der Waals surface area contributed by atoms with Gasteiger partial charge in [-0.2, -0.15) is 0 Å². The summed E-state index contributed by atoms with van der Waals surface area (Å²) in [6.07, 6.45) is 8.86. The quantitative estimate of drug-likeness (QED) is 0.242. The predicted molar refractivity (Wildman–Crippen MR) is 179 cm³/mol. The van der Waals surface area contributed by atoms with Gasteiger partial charge in [0.2, 0.25) is 0 Å². The van der Waals surface area contributed by atoms with Gasteiger partial charge in [-0.05, 0) is 96.3 Å². The van der Waals surface area contributed by atoms with Gasteiger partial charge in [0.15, 0.2) is 0 Å². The average Bonchev–Trinajstić information content (AvgIpc) is 2.91. The van der Waals surface area contributed by atoms with Crippen LogP contribution in [0.25, 0.3) is 0 Å². The van der Waals surface area contributed by atoms with Gasteiger partial charge in [-0.25, -0.2) is 0 Å². The first-order chi connectivity index (χ1) is 18.8. The van der Waals surface area contributed by atoms with Gasteiger partial charge in [0.1, 0.15) is 0 Å². The molecule has 4 bridgehead atoms. The molecule has 2 aromatic carbocycles. The minimum atomic E-state index is -1.45. The zero-order valence-corrected chi connectivity index (χ0v) is 28.7. The van der Waals surface area contributed by atoms with Gasteiger partial charge in [-0.15, -0.1) is 0 Å². The highest BCUT2D eigenvalue weighted by molar-refractivity contribution is 6.90. The van der Waals surface area contributed by atoms with E-state index in [4.69, 9.17) is 0 Å². The normalized spacial score (nSPS) is 31.8. The van der Waals surface area contributed by atoms with E-state index in [1.54, 1.807) is 10.4 Å². The molecule has 0 aromatic heterocycles. The van der Waals surface area contributed by atoms with Crippen LogP contribution in [0.5, 0.6) is 0 Å². The SMILES string of the molecule is CC1(C)C2CCC(C[Si](C)(C)c3ccc(C#Cc4ccc([Si](C)(C)CC5CCC6CC5C6(C)C)cc4)cc3)C1C2. The number of hydrogen-bond acceptors (Lipinski definition) is 0. The van der Waals surface area contributed by atoms with Crippen molar-refractivity contribution in [3.05, 3.63) is 59.7 Å². The molecule has 0 amide bonds. The Morgan fingerprint density at radius 1 is 0.575 bits per heavy atom.